The second kappa shape index (κ2) is 3.32. The summed E-state index contributed by atoms with van der Waals surface area (Å²) >= 11 is 0. The summed E-state index contributed by atoms with van der Waals surface area (Å²) in [5, 5.41) is 0. The first-order valence-electron chi connectivity index (χ1n) is 4.42. The topological polar surface area (TPSA) is 84.5 Å². The summed E-state index contributed by atoms with van der Waals surface area (Å²) in [6.07, 6.45) is 0. The minimum Gasteiger partial charge on any atom is -0.385 e. The Bertz CT molecular complexity index is 505. The van der Waals surface area contributed by atoms with Crippen molar-refractivity contribution < 1.29 is 8.42 Å². The van der Waals surface area contributed by atoms with Gasteiger partial charge in [-0.3, -0.25) is 0 Å². The lowest BCUT2D eigenvalue weighted by molar-refractivity contribution is 0.585. The van der Waals surface area contributed by atoms with Crippen molar-refractivity contribution >= 4 is 16.0 Å². The fourth-order valence-corrected chi connectivity index (χ4v) is 2.42. The van der Waals surface area contributed by atoms with Crippen molar-refractivity contribution in [2.45, 2.75) is 13.0 Å². The zero-order chi connectivity index (χ0) is 11.1. The zero-order valence-corrected chi connectivity index (χ0v) is 8.95. The first-order chi connectivity index (χ1) is 6.98. The third kappa shape index (κ3) is 2.00. The van der Waals surface area contributed by atoms with Crippen LogP contribution in [0.5, 0.6) is 0 Å². The maximum atomic E-state index is 11.1. The van der Waals surface area contributed by atoms with Gasteiger partial charge in [-0.05, 0) is 12.5 Å². The standard InChI is InChI=1S/C9H11N3O2S/c1-6-2-4-7(5-3-6)8-9(10)12-15(13,14)11-8/h2-5,8,11H,1H3,(H2,10,12)/t8-/m0/s1. The van der Waals surface area contributed by atoms with E-state index in [1.54, 1.807) is 0 Å². The average molecular weight is 225 g/mol. The van der Waals surface area contributed by atoms with Crippen LogP contribution in [0.2, 0.25) is 0 Å². The number of nitrogens with one attached hydrogen (secondary N) is 1. The van der Waals surface area contributed by atoms with Crippen LogP contribution in [0, 0.1) is 6.92 Å². The van der Waals surface area contributed by atoms with E-state index in [9.17, 15) is 8.42 Å². The van der Waals surface area contributed by atoms with Gasteiger partial charge >= 0.3 is 10.2 Å². The maximum absolute atomic E-state index is 11.1. The smallest absolute Gasteiger partial charge is 0.322 e. The fraction of sp³-hybridized carbons (Fsp3) is 0.222. The molecule has 0 aromatic heterocycles. The molecule has 0 radical (unpaired) electrons. The predicted molar refractivity (Wildman–Crippen MR) is 57.6 cm³/mol. The lowest BCUT2D eigenvalue weighted by Crippen LogP contribution is -2.28. The lowest BCUT2D eigenvalue weighted by atomic mass is 10.1. The van der Waals surface area contributed by atoms with Crippen LogP contribution in [0.4, 0.5) is 0 Å². The molecule has 6 heteroatoms. The van der Waals surface area contributed by atoms with Crippen molar-refractivity contribution in [3.8, 4) is 0 Å². The molecule has 0 bridgehead atoms. The number of nitrogens with zero attached hydrogens (tertiary/aromatic N) is 1. The van der Waals surface area contributed by atoms with Crippen LogP contribution in [-0.2, 0) is 10.2 Å². The van der Waals surface area contributed by atoms with Gasteiger partial charge < -0.3 is 5.73 Å². The molecule has 1 aromatic carbocycles. The molecular formula is C9H11N3O2S. The van der Waals surface area contributed by atoms with Crippen LogP contribution in [0.1, 0.15) is 17.2 Å². The summed E-state index contributed by atoms with van der Waals surface area (Å²) in [6, 6.07) is 6.92. The van der Waals surface area contributed by atoms with E-state index in [2.05, 4.69) is 9.12 Å². The number of aryl methyl sites for hydroxylation is 1. The maximum Gasteiger partial charge on any atom is 0.322 e. The van der Waals surface area contributed by atoms with Gasteiger partial charge in [0, 0.05) is 0 Å². The number of hydrogen-bond donors (Lipinski definition) is 2. The third-order valence-electron chi connectivity index (χ3n) is 2.20. The van der Waals surface area contributed by atoms with Crippen molar-refractivity contribution in [1.82, 2.24) is 4.72 Å². The van der Waals surface area contributed by atoms with Gasteiger partial charge in [0.05, 0.1) is 0 Å². The van der Waals surface area contributed by atoms with Crippen molar-refractivity contribution in [3.05, 3.63) is 35.4 Å². The highest BCUT2D eigenvalue weighted by Crippen LogP contribution is 2.19. The van der Waals surface area contributed by atoms with E-state index in [-0.39, 0.29) is 5.84 Å². The molecule has 1 heterocycles. The Hall–Kier alpha value is -1.40. The first kappa shape index (κ1) is 10.1. The third-order valence-corrected chi connectivity index (χ3v) is 3.18. The Labute approximate surface area is 88.2 Å². The van der Waals surface area contributed by atoms with Crippen molar-refractivity contribution in [3.63, 3.8) is 0 Å². The quantitative estimate of drug-likeness (QED) is 0.718. The van der Waals surface area contributed by atoms with Crippen LogP contribution in [0.3, 0.4) is 0 Å². The molecule has 3 N–H and O–H groups in total. The second-order valence-corrected chi connectivity index (χ2v) is 4.82. The van der Waals surface area contributed by atoms with Gasteiger partial charge in [-0.1, -0.05) is 29.8 Å². The Morgan fingerprint density at radius 3 is 2.40 bits per heavy atom. The molecule has 0 amide bonds. The minimum atomic E-state index is -3.59. The zero-order valence-electron chi connectivity index (χ0n) is 8.14. The van der Waals surface area contributed by atoms with Gasteiger partial charge in [-0.15, -0.1) is 4.40 Å². The van der Waals surface area contributed by atoms with Gasteiger partial charge in [-0.2, -0.15) is 13.1 Å². The minimum absolute atomic E-state index is 0.0823. The van der Waals surface area contributed by atoms with Crippen molar-refractivity contribution in [2.24, 2.45) is 10.1 Å². The number of benzene rings is 1. The summed E-state index contributed by atoms with van der Waals surface area (Å²) in [4.78, 5) is 0. The van der Waals surface area contributed by atoms with E-state index < -0.39 is 16.3 Å². The monoisotopic (exact) mass is 225 g/mol. The summed E-state index contributed by atoms with van der Waals surface area (Å²) < 4.78 is 27.9. The molecule has 0 saturated heterocycles. The molecule has 2 rings (SSSR count). The Kier molecular flexibility index (Phi) is 2.24. The summed E-state index contributed by atoms with van der Waals surface area (Å²) in [5.41, 5.74) is 7.43. The summed E-state index contributed by atoms with van der Waals surface area (Å²) in [7, 11) is -3.59. The number of hydrogen-bond acceptors (Lipinski definition) is 3. The number of amidine groups is 1. The van der Waals surface area contributed by atoms with E-state index in [4.69, 9.17) is 5.73 Å². The van der Waals surface area contributed by atoms with Crippen LogP contribution < -0.4 is 10.5 Å². The first-order valence-corrected chi connectivity index (χ1v) is 5.86. The molecule has 15 heavy (non-hydrogen) atoms. The van der Waals surface area contributed by atoms with E-state index in [0.29, 0.717) is 0 Å². The van der Waals surface area contributed by atoms with Gasteiger partial charge in [0.25, 0.3) is 0 Å². The van der Waals surface area contributed by atoms with Crippen molar-refractivity contribution in [2.75, 3.05) is 0 Å². The molecule has 0 aliphatic carbocycles. The van der Waals surface area contributed by atoms with Gasteiger partial charge in [0.1, 0.15) is 11.9 Å². The molecule has 0 unspecified atom stereocenters. The summed E-state index contributed by atoms with van der Waals surface area (Å²) in [6.45, 7) is 1.96. The van der Waals surface area contributed by atoms with E-state index in [1.165, 1.54) is 0 Å². The highest BCUT2D eigenvalue weighted by Gasteiger charge is 2.29. The highest BCUT2D eigenvalue weighted by atomic mass is 32.2. The molecule has 0 saturated carbocycles. The fourth-order valence-electron chi connectivity index (χ4n) is 1.42. The van der Waals surface area contributed by atoms with Gasteiger partial charge in [0.15, 0.2) is 0 Å². The molecule has 1 atom stereocenters. The predicted octanol–water partition coefficient (Wildman–Crippen LogP) is 0.241. The molecule has 80 valence electrons. The second-order valence-electron chi connectivity index (χ2n) is 3.45. The van der Waals surface area contributed by atoms with Crippen LogP contribution in [-0.4, -0.2) is 14.3 Å². The van der Waals surface area contributed by atoms with E-state index in [1.807, 2.05) is 31.2 Å². The molecule has 1 aromatic rings. The molecule has 1 aliphatic rings. The lowest BCUT2D eigenvalue weighted by Gasteiger charge is -2.09. The molecular weight excluding hydrogens is 214 g/mol. The average Bonchev–Trinajstić information content (AvgIpc) is 2.41. The van der Waals surface area contributed by atoms with Crippen LogP contribution >= 0.6 is 0 Å². The Balaban J connectivity index is 2.35. The van der Waals surface area contributed by atoms with Crippen LogP contribution in [0.15, 0.2) is 28.7 Å². The molecule has 0 fully saturated rings. The SMILES string of the molecule is Cc1ccc([C@@H]2NS(=O)(=O)N=C2N)cc1. The molecule has 5 nitrogen and oxygen atoms in total. The highest BCUT2D eigenvalue weighted by molar-refractivity contribution is 7.88. The molecule has 1 aliphatic heterocycles. The van der Waals surface area contributed by atoms with Gasteiger partial charge in [0.2, 0.25) is 0 Å². The largest absolute Gasteiger partial charge is 0.385 e. The molecule has 0 spiro atoms. The van der Waals surface area contributed by atoms with Crippen LogP contribution in [0.25, 0.3) is 0 Å². The van der Waals surface area contributed by atoms with Gasteiger partial charge in [-0.25, -0.2) is 0 Å². The van der Waals surface area contributed by atoms with Crippen molar-refractivity contribution in [1.29, 1.82) is 0 Å². The summed E-state index contributed by atoms with van der Waals surface area (Å²) in [5.74, 6) is 0.0823. The Morgan fingerprint density at radius 1 is 1.33 bits per heavy atom. The normalized spacial score (nSPS) is 23.8. The van der Waals surface area contributed by atoms with E-state index >= 15 is 0 Å². The van der Waals surface area contributed by atoms with E-state index in [0.717, 1.165) is 11.1 Å². The number of nitrogens with two attached hydrogens (primary N) is 1. The Morgan fingerprint density at radius 2 is 1.93 bits per heavy atom. The number of rotatable bonds is 1.